The SMILES string of the molecule is Cc1cnc(C(=O)N2CCCN(c3ccnc4ccccc34)CC2)cn1. The number of hydrogen-bond acceptors (Lipinski definition) is 5. The van der Waals surface area contributed by atoms with E-state index >= 15 is 0 Å². The highest BCUT2D eigenvalue weighted by molar-refractivity contribution is 5.93. The molecule has 1 aromatic carbocycles. The molecule has 2 aromatic heterocycles. The summed E-state index contributed by atoms with van der Waals surface area (Å²) in [7, 11) is 0. The normalized spacial score (nSPS) is 15.1. The number of carbonyl (C=O) groups excluding carboxylic acids is 1. The summed E-state index contributed by atoms with van der Waals surface area (Å²) in [4.78, 5) is 29.8. The first kappa shape index (κ1) is 16.4. The number of aryl methyl sites for hydroxylation is 1. The molecule has 6 heteroatoms. The molecule has 3 heterocycles. The van der Waals surface area contributed by atoms with E-state index in [9.17, 15) is 4.79 Å². The highest BCUT2D eigenvalue weighted by Crippen LogP contribution is 2.26. The number of para-hydroxylation sites is 1. The number of benzene rings is 1. The zero-order valence-corrected chi connectivity index (χ0v) is 14.8. The van der Waals surface area contributed by atoms with E-state index < -0.39 is 0 Å². The lowest BCUT2D eigenvalue weighted by atomic mass is 10.1. The van der Waals surface area contributed by atoms with Gasteiger partial charge in [0.15, 0.2) is 0 Å². The molecule has 0 aliphatic carbocycles. The smallest absolute Gasteiger partial charge is 0.274 e. The summed E-state index contributed by atoms with van der Waals surface area (Å²) < 4.78 is 0. The summed E-state index contributed by atoms with van der Waals surface area (Å²) in [6.07, 6.45) is 5.98. The number of amides is 1. The average molecular weight is 347 g/mol. The zero-order chi connectivity index (χ0) is 17.9. The third-order valence-electron chi connectivity index (χ3n) is 4.75. The molecule has 1 aliphatic rings. The molecule has 0 saturated carbocycles. The molecule has 0 spiro atoms. The molecular weight excluding hydrogens is 326 g/mol. The van der Waals surface area contributed by atoms with Gasteiger partial charge in [0, 0.05) is 49.6 Å². The summed E-state index contributed by atoms with van der Waals surface area (Å²) in [5.41, 5.74) is 3.41. The number of pyridine rings is 1. The second kappa shape index (κ2) is 7.07. The van der Waals surface area contributed by atoms with Crippen molar-refractivity contribution in [2.45, 2.75) is 13.3 Å². The molecule has 0 N–H and O–H groups in total. The van der Waals surface area contributed by atoms with Crippen molar-refractivity contribution in [3.8, 4) is 0 Å². The molecule has 3 aromatic rings. The number of nitrogens with zero attached hydrogens (tertiary/aromatic N) is 5. The quantitative estimate of drug-likeness (QED) is 0.713. The Balaban J connectivity index is 1.53. The minimum atomic E-state index is -0.0427. The van der Waals surface area contributed by atoms with Gasteiger partial charge in [0.25, 0.3) is 5.91 Å². The summed E-state index contributed by atoms with van der Waals surface area (Å²) >= 11 is 0. The van der Waals surface area contributed by atoms with Gasteiger partial charge in [-0.2, -0.15) is 0 Å². The lowest BCUT2D eigenvalue weighted by Crippen LogP contribution is -2.35. The fourth-order valence-electron chi connectivity index (χ4n) is 3.38. The summed E-state index contributed by atoms with van der Waals surface area (Å²) in [6, 6.07) is 10.2. The molecule has 4 rings (SSSR count). The molecule has 1 aliphatic heterocycles. The van der Waals surface area contributed by atoms with Crippen LogP contribution in [0.2, 0.25) is 0 Å². The van der Waals surface area contributed by atoms with Gasteiger partial charge < -0.3 is 9.80 Å². The molecule has 0 radical (unpaired) electrons. The van der Waals surface area contributed by atoms with Crippen LogP contribution in [0.4, 0.5) is 5.69 Å². The Morgan fingerprint density at radius 3 is 2.69 bits per heavy atom. The molecule has 0 unspecified atom stereocenters. The van der Waals surface area contributed by atoms with E-state index in [1.807, 2.05) is 36.2 Å². The first-order chi connectivity index (χ1) is 12.7. The maximum absolute atomic E-state index is 12.7. The minimum Gasteiger partial charge on any atom is -0.369 e. The number of hydrogen-bond donors (Lipinski definition) is 0. The van der Waals surface area contributed by atoms with Gasteiger partial charge in [0.2, 0.25) is 0 Å². The summed E-state index contributed by atoms with van der Waals surface area (Å²) in [5.74, 6) is -0.0427. The highest BCUT2D eigenvalue weighted by atomic mass is 16.2. The molecule has 0 bridgehead atoms. The highest BCUT2D eigenvalue weighted by Gasteiger charge is 2.22. The van der Waals surface area contributed by atoms with E-state index in [0.29, 0.717) is 12.2 Å². The van der Waals surface area contributed by atoms with Crippen molar-refractivity contribution in [1.82, 2.24) is 19.9 Å². The fraction of sp³-hybridized carbons (Fsp3) is 0.300. The third kappa shape index (κ3) is 3.22. The van der Waals surface area contributed by atoms with Crippen molar-refractivity contribution in [3.63, 3.8) is 0 Å². The molecular formula is C20H21N5O. The van der Waals surface area contributed by atoms with Crippen molar-refractivity contribution in [2.75, 3.05) is 31.1 Å². The largest absolute Gasteiger partial charge is 0.369 e. The average Bonchev–Trinajstić information content (AvgIpc) is 2.94. The number of anilines is 1. The Labute approximate surface area is 152 Å². The summed E-state index contributed by atoms with van der Waals surface area (Å²) in [5, 5.41) is 1.15. The predicted molar refractivity (Wildman–Crippen MR) is 101 cm³/mol. The predicted octanol–water partition coefficient (Wildman–Crippen LogP) is 2.69. The Morgan fingerprint density at radius 2 is 1.85 bits per heavy atom. The van der Waals surface area contributed by atoms with Crippen molar-refractivity contribution in [1.29, 1.82) is 0 Å². The van der Waals surface area contributed by atoms with Crippen LogP contribution in [0.5, 0.6) is 0 Å². The summed E-state index contributed by atoms with van der Waals surface area (Å²) in [6.45, 7) is 4.97. The van der Waals surface area contributed by atoms with Crippen molar-refractivity contribution < 1.29 is 4.79 Å². The van der Waals surface area contributed by atoms with Gasteiger partial charge in [-0.25, -0.2) is 4.98 Å². The van der Waals surface area contributed by atoms with Crippen LogP contribution < -0.4 is 4.90 Å². The number of fused-ring (bicyclic) bond motifs is 1. The maximum Gasteiger partial charge on any atom is 0.274 e. The lowest BCUT2D eigenvalue weighted by Gasteiger charge is -2.24. The number of aromatic nitrogens is 3. The van der Waals surface area contributed by atoms with E-state index in [4.69, 9.17) is 0 Å². The molecule has 0 atom stereocenters. The first-order valence-corrected chi connectivity index (χ1v) is 8.89. The van der Waals surface area contributed by atoms with Gasteiger partial charge in [-0.05, 0) is 25.5 Å². The molecule has 1 saturated heterocycles. The monoisotopic (exact) mass is 347 g/mol. The molecule has 1 amide bonds. The van der Waals surface area contributed by atoms with Crippen LogP contribution in [-0.2, 0) is 0 Å². The van der Waals surface area contributed by atoms with E-state index in [0.717, 1.165) is 42.7 Å². The Morgan fingerprint density at radius 1 is 0.962 bits per heavy atom. The van der Waals surface area contributed by atoms with E-state index in [1.165, 1.54) is 5.69 Å². The topological polar surface area (TPSA) is 62.2 Å². The van der Waals surface area contributed by atoms with Crippen LogP contribution in [0, 0.1) is 6.92 Å². The third-order valence-corrected chi connectivity index (χ3v) is 4.75. The maximum atomic E-state index is 12.7. The Kier molecular flexibility index (Phi) is 4.48. The van der Waals surface area contributed by atoms with Crippen LogP contribution >= 0.6 is 0 Å². The van der Waals surface area contributed by atoms with Crippen LogP contribution in [-0.4, -0.2) is 51.9 Å². The van der Waals surface area contributed by atoms with Gasteiger partial charge in [-0.15, -0.1) is 0 Å². The Hall–Kier alpha value is -3.02. The van der Waals surface area contributed by atoms with Crippen molar-refractivity contribution in [2.24, 2.45) is 0 Å². The van der Waals surface area contributed by atoms with Crippen LogP contribution in [0.3, 0.4) is 0 Å². The molecule has 1 fully saturated rings. The van der Waals surface area contributed by atoms with Gasteiger partial charge in [0.1, 0.15) is 5.69 Å². The van der Waals surface area contributed by atoms with Crippen molar-refractivity contribution >= 4 is 22.5 Å². The van der Waals surface area contributed by atoms with E-state index in [1.54, 1.807) is 12.4 Å². The number of rotatable bonds is 2. The Bertz CT molecular complexity index is 920. The van der Waals surface area contributed by atoms with Crippen molar-refractivity contribution in [3.05, 3.63) is 60.3 Å². The van der Waals surface area contributed by atoms with E-state index in [-0.39, 0.29) is 5.91 Å². The van der Waals surface area contributed by atoms with Gasteiger partial charge in [-0.1, -0.05) is 18.2 Å². The van der Waals surface area contributed by atoms with Crippen LogP contribution in [0.25, 0.3) is 10.9 Å². The second-order valence-electron chi connectivity index (χ2n) is 6.52. The van der Waals surface area contributed by atoms with Gasteiger partial charge in [0.05, 0.1) is 17.4 Å². The van der Waals surface area contributed by atoms with E-state index in [2.05, 4.69) is 32.0 Å². The standard InChI is InChI=1S/C20H21N5O/c1-15-13-23-18(14-22-15)20(26)25-10-4-9-24(11-12-25)19-7-8-21-17-6-3-2-5-16(17)19/h2-3,5-8,13-14H,4,9-12H2,1H3. The second-order valence-corrected chi connectivity index (χ2v) is 6.52. The fourth-order valence-corrected chi connectivity index (χ4v) is 3.38. The first-order valence-electron chi connectivity index (χ1n) is 8.89. The lowest BCUT2D eigenvalue weighted by molar-refractivity contribution is 0.0760. The molecule has 132 valence electrons. The van der Waals surface area contributed by atoms with Crippen LogP contribution in [0.1, 0.15) is 22.6 Å². The molecule has 6 nitrogen and oxygen atoms in total. The molecule has 26 heavy (non-hydrogen) atoms. The minimum absolute atomic E-state index is 0.0427. The van der Waals surface area contributed by atoms with Crippen LogP contribution in [0.15, 0.2) is 48.9 Å². The van der Waals surface area contributed by atoms with Gasteiger partial charge >= 0.3 is 0 Å². The number of carbonyl (C=O) groups is 1. The van der Waals surface area contributed by atoms with Gasteiger partial charge in [-0.3, -0.25) is 14.8 Å². The zero-order valence-electron chi connectivity index (χ0n) is 14.8.